The SMILES string of the molecule is COCCN1C(=O)C(Nc2ccccc2OC)=C(c2ccccc2)C1=O. The number of imide groups is 1. The molecule has 0 bridgehead atoms. The number of hydrogen-bond donors (Lipinski definition) is 1. The highest BCUT2D eigenvalue weighted by molar-refractivity contribution is 6.36. The summed E-state index contributed by atoms with van der Waals surface area (Å²) >= 11 is 0. The van der Waals surface area contributed by atoms with Crippen LogP contribution in [0.25, 0.3) is 5.57 Å². The number of methoxy groups -OCH3 is 2. The standard InChI is InChI=1S/C20H20N2O4/c1-25-13-12-22-19(23)17(14-8-4-3-5-9-14)18(20(22)24)21-15-10-6-7-11-16(15)26-2/h3-11,21H,12-13H2,1-2H3. The summed E-state index contributed by atoms with van der Waals surface area (Å²) in [6, 6.07) is 16.4. The van der Waals surface area contributed by atoms with Gasteiger partial charge in [0.15, 0.2) is 0 Å². The molecule has 0 aromatic heterocycles. The lowest BCUT2D eigenvalue weighted by molar-refractivity contribution is -0.137. The molecule has 2 aromatic rings. The van der Waals surface area contributed by atoms with Gasteiger partial charge in [0.2, 0.25) is 0 Å². The molecule has 0 radical (unpaired) electrons. The van der Waals surface area contributed by atoms with Crippen molar-refractivity contribution in [2.45, 2.75) is 0 Å². The fourth-order valence-electron chi connectivity index (χ4n) is 2.83. The van der Waals surface area contributed by atoms with Crippen LogP contribution in [0.4, 0.5) is 5.69 Å². The molecule has 134 valence electrons. The van der Waals surface area contributed by atoms with Crippen LogP contribution in [0, 0.1) is 0 Å². The van der Waals surface area contributed by atoms with Crippen LogP contribution in [0.5, 0.6) is 5.75 Å². The molecule has 0 spiro atoms. The third-order valence-electron chi connectivity index (χ3n) is 4.12. The van der Waals surface area contributed by atoms with Gasteiger partial charge in [-0.15, -0.1) is 0 Å². The summed E-state index contributed by atoms with van der Waals surface area (Å²) < 4.78 is 10.4. The predicted molar refractivity (Wildman–Crippen MR) is 98.6 cm³/mol. The molecule has 0 aliphatic carbocycles. The number of hydrogen-bond acceptors (Lipinski definition) is 5. The monoisotopic (exact) mass is 352 g/mol. The van der Waals surface area contributed by atoms with E-state index in [1.807, 2.05) is 42.5 Å². The molecule has 1 aliphatic heterocycles. The Bertz CT molecular complexity index is 846. The molecule has 1 aliphatic rings. The van der Waals surface area contributed by atoms with E-state index in [4.69, 9.17) is 9.47 Å². The first-order valence-corrected chi connectivity index (χ1v) is 8.22. The fourth-order valence-corrected chi connectivity index (χ4v) is 2.83. The van der Waals surface area contributed by atoms with E-state index in [9.17, 15) is 9.59 Å². The number of anilines is 1. The van der Waals surface area contributed by atoms with E-state index in [1.165, 1.54) is 12.0 Å². The topological polar surface area (TPSA) is 67.9 Å². The first-order valence-electron chi connectivity index (χ1n) is 8.22. The normalized spacial score (nSPS) is 14.2. The van der Waals surface area contributed by atoms with Crippen LogP contribution in [0.1, 0.15) is 5.56 Å². The minimum Gasteiger partial charge on any atom is -0.495 e. The Morgan fingerprint density at radius 3 is 2.31 bits per heavy atom. The molecule has 26 heavy (non-hydrogen) atoms. The zero-order chi connectivity index (χ0) is 18.5. The number of nitrogens with zero attached hydrogens (tertiary/aromatic N) is 1. The fraction of sp³-hybridized carbons (Fsp3) is 0.200. The highest BCUT2D eigenvalue weighted by Crippen LogP contribution is 2.32. The summed E-state index contributed by atoms with van der Waals surface area (Å²) in [4.78, 5) is 27.0. The molecule has 0 unspecified atom stereocenters. The number of nitrogens with one attached hydrogen (secondary N) is 1. The van der Waals surface area contributed by atoms with Crippen LogP contribution in [-0.4, -0.2) is 44.1 Å². The van der Waals surface area contributed by atoms with Gasteiger partial charge in [0.05, 0.1) is 31.5 Å². The Labute approximate surface area is 152 Å². The van der Waals surface area contributed by atoms with Crippen molar-refractivity contribution in [3.05, 3.63) is 65.9 Å². The lowest BCUT2D eigenvalue weighted by Gasteiger charge is -2.15. The molecule has 2 aromatic carbocycles. The van der Waals surface area contributed by atoms with Crippen molar-refractivity contribution in [3.63, 3.8) is 0 Å². The van der Waals surface area contributed by atoms with Crippen molar-refractivity contribution in [2.75, 3.05) is 32.7 Å². The summed E-state index contributed by atoms with van der Waals surface area (Å²) in [5, 5.41) is 3.10. The minimum absolute atomic E-state index is 0.196. The number of amides is 2. The lowest BCUT2D eigenvalue weighted by atomic mass is 10.0. The molecule has 6 heteroatoms. The first-order chi connectivity index (χ1) is 12.7. The van der Waals surface area contributed by atoms with E-state index in [-0.39, 0.29) is 30.7 Å². The number of para-hydroxylation sites is 2. The molecule has 0 atom stereocenters. The van der Waals surface area contributed by atoms with Gasteiger partial charge >= 0.3 is 0 Å². The molecule has 3 rings (SSSR count). The van der Waals surface area contributed by atoms with Gasteiger partial charge in [0, 0.05) is 7.11 Å². The maximum absolute atomic E-state index is 12.9. The number of carbonyl (C=O) groups excluding carboxylic acids is 2. The van der Waals surface area contributed by atoms with Gasteiger partial charge < -0.3 is 14.8 Å². The van der Waals surface area contributed by atoms with Crippen molar-refractivity contribution in [1.82, 2.24) is 4.90 Å². The van der Waals surface area contributed by atoms with Gasteiger partial charge in [-0.25, -0.2) is 0 Å². The van der Waals surface area contributed by atoms with Gasteiger partial charge in [-0.05, 0) is 17.7 Å². The van der Waals surface area contributed by atoms with E-state index >= 15 is 0 Å². The summed E-state index contributed by atoms with van der Waals surface area (Å²) in [5.74, 6) is -0.129. The lowest BCUT2D eigenvalue weighted by Crippen LogP contribution is -2.35. The molecule has 1 N–H and O–H groups in total. The second kappa shape index (κ2) is 7.84. The van der Waals surface area contributed by atoms with E-state index < -0.39 is 0 Å². The van der Waals surface area contributed by atoms with Gasteiger partial charge in [0.25, 0.3) is 11.8 Å². The first kappa shape index (κ1) is 17.7. The highest BCUT2D eigenvalue weighted by Gasteiger charge is 2.39. The Kier molecular flexibility index (Phi) is 5.34. The molecular formula is C20H20N2O4. The van der Waals surface area contributed by atoms with Crippen molar-refractivity contribution in [1.29, 1.82) is 0 Å². The number of rotatable bonds is 7. The third-order valence-corrected chi connectivity index (χ3v) is 4.12. The van der Waals surface area contributed by atoms with Crippen molar-refractivity contribution in [3.8, 4) is 5.75 Å². The minimum atomic E-state index is -0.378. The van der Waals surface area contributed by atoms with E-state index in [0.29, 0.717) is 22.6 Å². The summed E-state index contributed by atoms with van der Waals surface area (Å²) in [6.45, 7) is 0.475. The number of carbonyl (C=O) groups is 2. The van der Waals surface area contributed by atoms with Gasteiger partial charge in [-0.1, -0.05) is 42.5 Å². The smallest absolute Gasteiger partial charge is 0.278 e. The van der Waals surface area contributed by atoms with Crippen LogP contribution in [0.3, 0.4) is 0 Å². The van der Waals surface area contributed by atoms with E-state index in [2.05, 4.69) is 5.32 Å². The van der Waals surface area contributed by atoms with Gasteiger partial charge in [-0.3, -0.25) is 14.5 Å². The Morgan fingerprint density at radius 2 is 1.62 bits per heavy atom. The van der Waals surface area contributed by atoms with Crippen LogP contribution in [-0.2, 0) is 14.3 Å². The third kappa shape index (κ3) is 3.32. The molecule has 0 fully saturated rings. The molecule has 6 nitrogen and oxygen atoms in total. The zero-order valence-electron chi connectivity index (χ0n) is 14.7. The Balaban J connectivity index is 2.04. The average Bonchev–Trinajstić information content (AvgIpc) is 2.91. The molecule has 1 heterocycles. The van der Waals surface area contributed by atoms with Crippen LogP contribution >= 0.6 is 0 Å². The molecule has 0 saturated carbocycles. The Hall–Kier alpha value is -3.12. The summed E-state index contributed by atoms with van der Waals surface area (Å²) in [5.41, 5.74) is 1.88. The summed E-state index contributed by atoms with van der Waals surface area (Å²) in [6.07, 6.45) is 0. The molecular weight excluding hydrogens is 332 g/mol. The number of benzene rings is 2. The van der Waals surface area contributed by atoms with Crippen LogP contribution in [0.15, 0.2) is 60.3 Å². The van der Waals surface area contributed by atoms with E-state index in [1.54, 1.807) is 19.2 Å². The van der Waals surface area contributed by atoms with Gasteiger partial charge in [0.1, 0.15) is 11.4 Å². The average molecular weight is 352 g/mol. The van der Waals surface area contributed by atoms with Gasteiger partial charge in [-0.2, -0.15) is 0 Å². The number of ether oxygens (including phenoxy) is 2. The second-order valence-electron chi connectivity index (χ2n) is 5.70. The van der Waals surface area contributed by atoms with Crippen molar-refractivity contribution >= 4 is 23.1 Å². The van der Waals surface area contributed by atoms with Crippen molar-refractivity contribution in [2.24, 2.45) is 0 Å². The van der Waals surface area contributed by atoms with Crippen molar-refractivity contribution < 1.29 is 19.1 Å². The van der Waals surface area contributed by atoms with Crippen LogP contribution in [0.2, 0.25) is 0 Å². The quantitative estimate of drug-likeness (QED) is 0.776. The second-order valence-corrected chi connectivity index (χ2v) is 5.70. The maximum Gasteiger partial charge on any atom is 0.278 e. The molecule has 2 amide bonds. The van der Waals surface area contributed by atoms with E-state index in [0.717, 1.165) is 0 Å². The molecule has 0 saturated heterocycles. The maximum atomic E-state index is 12.9. The van der Waals surface area contributed by atoms with Crippen LogP contribution < -0.4 is 10.1 Å². The largest absolute Gasteiger partial charge is 0.495 e. The highest BCUT2D eigenvalue weighted by atomic mass is 16.5. The zero-order valence-corrected chi connectivity index (χ0v) is 14.7. The Morgan fingerprint density at radius 1 is 0.923 bits per heavy atom. The summed E-state index contributed by atoms with van der Waals surface area (Å²) in [7, 11) is 3.09. The predicted octanol–water partition coefficient (Wildman–Crippen LogP) is 2.53.